The summed E-state index contributed by atoms with van der Waals surface area (Å²) in [5.41, 5.74) is 0.930. The first kappa shape index (κ1) is 12.4. The quantitative estimate of drug-likeness (QED) is 0.783. The summed E-state index contributed by atoms with van der Waals surface area (Å²) in [6.45, 7) is 0.596. The van der Waals surface area contributed by atoms with Gasteiger partial charge in [-0.25, -0.2) is 9.78 Å². The van der Waals surface area contributed by atoms with E-state index in [9.17, 15) is 9.90 Å². The van der Waals surface area contributed by atoms with Crippen LogP contribution in [0.5, 0.6) is 0 Å². The van der Waals surface area contributed by atoms with Gasteiger partial charge in [-0.3, -0.25) is 4.68 Å². The Bertz CT molecular complexity index is 772. The SMILES string of the molecule is Cn1ccnc1CCn1nc(C(=O)O)c2ccccc21. The highest BCUT2D eigenvalue weighted by Gasteiger charge is 2.15. The molecule has 0 saturated heterocycles. The molecule has 1 aromatic carbocycles. The number of aromatic carboxylic acids is 1. The lowest BCUT2D eigenvalue weighted by Crippen LogP contribution is -2.08. The highest BCUT2D eigenvalue weighted by atomic mass is 16.4. The van der Waals surface area contributed by atoms with Crippen molar-refractivity contribution in [3.05, 3.63) is 48.2 Å². The van der Waals surface area contributed by atoms with Gasteiger partial charge in [0, 0.05) is 37.8 Å². The van der Waals surface area contributed by atoms with Gasteiger partial charge in [-0.05, 0) is 6.07 Å². The van der Waals surface area contributed by atoms with Crippen LogP contribution in [0.15, 0.2) is 36.7 Å². The molecule has 0 unspecified atom stereocenters. The molecule has 0 spiro atoms. The van der Waals surface area contributed by atoms with Crippen molar-refractivity contribution in [1.82, 2.24) is 19.3 Å². The Kier molecular flexibility index (Phi) is 2.98. The summed E-state index contributed by atoms with van der Waals surface area (Å²) < 4.78 is 3.68. The van der Waals surface area contributed by atoms with Gasteiger partial charge in [-0.15, -0.1) is 0 Å². The van der Waals surface area contributed by atoms with Gasteiger partial charge in [-0.2, -0.15) is 5.10 Å². The van der Waals surface area contributed by atoms with Crippen molar-refractivity contribution in [3.63, 3.8) is 0 Å². The molecule has 0 aliphatic carbocycles. The number of aryl methyl sites for hydroxylation is 3. The van der Waals surface area contributed by atoms with Crippen LogP contribution in [0, 0.1) is 0 Å². The highest BCUT2D eigenvalue weighted by molar-refractivity contribution is 6.01. The number of carboxylic acid groups (broad SMARTS) is 1. The van der Waals surface area contributed by atoms with Crippen LogP contribution in [0.3, 0.4) is 0 Å². The molecule has 1 N–H and O–H groups in total. The molecule has 0 radical (unpaired) electrons. The van der Waals surface area contributed by atoms with Crippen LogP contribution in [0.1, 0.15) is 16.3 Å². The van der Waals surface area contributed by atoms with E-state index in [4.69, 9.17) is 0 Å². The number of hydrogen-bond donors (Lipinski definition) is 1. The van der Waals surface area contributed by atoms with Gasteiger partial charge >= 0.3 is 5.97 Å². The van der Waals surface area contributed by atoms with Crippen LogP contribution in [0.2, 0.25) is 0 Å². The van der Waals surface area contributed by atoms with Crippen molar-refractivity contribution < 1.29 is 9.90 Å². The molecule has 0 bridgehead atoms. The Labute approximate surface area is 115 Å². The predicted molar refractivity (Wildman–Crippen MR) is 73.6 cm³/mol. The van der Waals surface area contributed by atoms with Gasteiger partial charge in [0.2, 0.25) is 0 Å². The Morgan fingerprint density at radius 1 is 1.35 bits per heavy atom. The molecule has 0 amide bonds. The van der Waals surface area contributed by atoms with E-state index in [2.05, 4.69) is 10.1 Å². The zero-order chi connectivity index (χ0) is 14.1. The number of carboxylic acids is 1. The summed E-state index contributed by atoms with van der Waals surface area (Å²) in [7, 11) is 1.94. The minimum absolute atomic E-state index is 0.0976. The van der Waals surface area contributed by atoms with Crippen molar-refractivity contribution in [3.8, 4) is 0 Å². The molecule has 0 fully saturated rings. The predicted octanol–water partition coefficient (Wildman–Crippen LogP) is 1.71. The topological polar surface area (TPSA) is 72.9 Å². The number of benzene rings is 1. The van der Waals surface area contributed by atoms with Crippen molar-refractivity contribution in [2.24, 2.45) is 7.05 Å². The number of imidazole rings is 1. The summed E-state index contributed by atoms with van der Waals surface area (Å²) in [6.07, 6.45) is 4.34. The standard InChI is InChI=1S/C14H14N4O2/c1-17-9-7-15-12(17)6-8-18-11-5-3-2-4-10(11)13(16-18)14(19)20/h2-5,7,9H,6,8H2,1H3,(H,19,20). The van der Waals surface area contributed by atoms with Crippen molar-refractivity contribution >= 4 is 16.9 Å². The molecule has 3 rings (SSSR count). The molecule has 2 heterocycles. The van der Waals surface area contributed by atoms with Gasteiger partial charge in [0.25, 0.3) is 0 Å². The van der Waals surface area contributed by atoms with E-state index in [1.807, 2.05) is 36.0 Å². The van der Waals surface area contributed by atoms with Crippen LogP contribution < -0.4 is 0 Å². The van der Waals surface area contributed by atoms with E-state index in [0.717, 1.165) is 11.3 Å². The summed E-state index contributed by atoms with van der Waals surface area (Å²) in [6, 6.07) is 7.36. The van der Waals surface area contributed by atoms with Crippen LogP contribution in [-0.4, -0.2) is 30.4 Å². The van der Waals surface area contributed by atoms with Gasteiger partial charge < -0.3 is 9.67 Å². The van der Waals surface area contributed by atoms with Gasteiger partial charge in [0.05, 0.1) is 5.52 Å². The number of aromatic nitrogens is 4. The van der Waals surface area contributed by atoms with Crippen molar-refractivity contribution in [1.29, 1.82) is 0 Å². The summed E-state index contributed by atoms with van der Waals surface area (Å²) >= 11 is 0. The van der Waals surface area contributed by atoms with Gasteiger partial charge in [0.1, 0.15) is 5.82 Å². The van der Waals surface area contributed by atoms with Crippen molar-refractivity contribution in [2.75, 3.05) is 0 Å². The number of nitrogens with zero attached hydrogens (tertiary/aromatic N) is 4. The molecular weight excluding hydrogens is 256 g/mol. The zero-order valence-electron chi connectivity index (χ0n) is 11.0. The largest absolute Gasteiger partial charge is 0.476 e. The molecule has 0 saturated carbocycles. The smallest absolute Gasteiger partial charge is 0.357 e. The second kappa shape index (κ2) is 4.80. The third kappa shape index (κ3) is 2.05. The fourth-order valence-corrected chi connectivity index (χ4v) is 2.30. The third-order valence-electron chi connectivity index (χ3n) is 3.33. The Balaban J connectivity index is 1.95. The summed E-state index contributed by atoms with van der Waals surface area (Å²) in [4.78, 5) is 15.5. The first-order valence-electron chi connectivity index (χ1n) is 6.32. The summed E-state index contributed by atoms with van der Waals surface area (Å²) in [5, 5.41) is 14.1. The normalized spacial score (nSPS) is 11.1. The molecule has 2 aromatic heterocycles. The van der Waals surface area contributed by atoms with Crippen LogP contribution >= 0.6 is 0 Å². The van der Waals surface area contributed by atoms with Crippen molar-refractivity contribution in [2.45, 2.75) is 13.0 Å². The third-order valence-corrected chi connectivity index (χ3v) is 3.33. The lowest BCUT2D eigenvalue weighted by molar-refractivity contribution is 0.0691. The second-order valence-corrected chi connectivity index (χ2v) is 4.60. The van der Waals surface area contributed by atoms with E-state index < -0.39 is 5.97 Å². The number of carbonyl (C=O) groups is 1. The maximum atomic E-state index is 11.2. The van der Waals surface area contributed by atoms with Crippen LogP contribution in [-0.2, 0) is 20.0 Å². The molecule has 6 heteroatoms. The van der Waals surface area contributed by atoms with Crippen LogP contribution in [0.4, 0.5) is 0 Å². The molecule has 0 atom stereocenters. The number of hydrogen-bond acceptors (Lipinski definition) is 3. The monoisotopic (exact) mass is 270 g/mol. The Morgan fingerprint density at radius 2 is 2.15 bits per heavy atom. The second-order valence-electron chi connectivity index (χ2n) is 4.60. The maximum absolute atomic E-state index is 11.2. The first-order valence-corrected chi connectivity index (χ1v) is 6.32. The van der Waals surface area contributed by atoms with Crippen LogP contribution in [0.25, 0.3) is 10.9 Å². The minimum atomic E-state index is -1.00. The van der Waals surface area contributed by atoms with Gasteiger partial charge in [0.15, 0.2) is 5.69 Å². The fourth-order valence-electron chi connectivity index (χ4n) is 2.30. The Morgan fingerprint density at radius 3 is 2.85 bits per heavy atom. The van der Waals surface area contributed by atoms with E-state index in [-0.39, 0.29) is 5.69 Å². The summed E-state index contributed by atoms with van der Waals surface area (Å²) in [5.74, 6) is -0.0570. The average Bonchev–Trinajstić information content (AvgIpc) is 3.00. The molecule has 102 valence electrons. The lowest BCUT2D eigenvalue weighted by Gasteiger charge is -2.03. The number of fused-ring (bicyclic) bond motifs is 1. The van der Waals surface area contributed by atoms with E-state index in [1.165, 1.54) is 0 Å². The van der Waals surface area contributed by atoms with E-state index in [1.54, 1.807) is 16.9 Å². The molecule has 6 nitrogen and oxygen atoms in total. The van der Waals surface area contributed by atoms with E-state index >= 15 is 0 Å². The lowest BCUT2D eigenvalue weighted by atomic mass is 10.2. The molecule has 20 heavy (non-hydrogen) atoms. The molecule has 3 aromatic rings. The minimum Gasteiger partial charge on any atom is -0.476 e. The average molecular weight is 270 g/mol. The zero-order valence-corrected chi connectivity index (χ0v) is 11.0. The molecule has 0 aliphatic rings. The van der Waals surface area contributed by atoms with Gasteiger partial charge in [-0.1, -0.05) is 18.2 Å². The first-order chi connectivity index (χ1) is 9.66. The highest BCUT2D eigenvalue weighted by Crippen LogP contribution is 2.18. The Hall–Kier alpha value is -2.63. The maximum Gasteiger partial charge on any atom is 0.357 e. The van der Waals surface area contributed by atoms with E-state index in [0.29, 0.717) is 18.4 Å². The number of rotatable bonds is 4. The molecular formula is C14H14N4O2. The number of para-hydroxylation sites is 1. The molecule has 0 aliphatic heterocycles. The fraction of sp³-hybridized carbons (Fsp3) is 0.214.